The first-order valence-electron chi connectivity index (χ1n) is 5.58. The lowest BCUT2D eigenvalue weighted by atomic mass is 10.0. The Labute approximate surface area is 109 Å². The molecule has 0 aliphatic rings. The number of hydrogen-bond acceptors (Lipinski definition) is 2. The Balaban J connectivity index is 2.25. The third kappa shape index (κ3) is 2.82. The van der Waals surface area contributed by atoms with Crippen LogP contribution < -0.4 is 5.43 Å². The number of aromatic nitrogens is 1. The van der Waals surface area contributed by atoms with Crippen molar-refractivity contribution < 1.29 is 5.11 Å². The van der Waals surface area contributed by atoms with E-state index in [9.17, 15) is 5.11 Å². The van der Waals surface area contributed by atoms with Crippen LogP contribution in [0.1, 0.15) is 24.9 Å². The monoisotopic (exact) mass is 294 g/mol. The predicted octanol–water partition coefficient (Wildman–Crippen LogP) is 3.65. The number of hydrogen-bond donors (Lipinski definition) is 2. The molecule has 17 heavy (non-hydrogen) atoms. The van der Waals surface area contributed by atoms with Crippen molar-refractivity contribution >= 4 is 15.9 Å². The molecule has 1 atom stereocenters. The van der Waals surface area contributed by atoms with Gasteiger partial charge in [0.05, 0.1) is 6.04 Å². The molecule has 2 rings (SSSR count). The van der Waals surface area contributed by atoms with Crippen molar-refractivity contribution in [1.82, 2.24) is 4.68 Å². The van der Waals surface area contributed by atoms with Gasteiger partial charge in [0.25, 0.3) is 0 Å². The first-order chi connectivity index (χ1) is 8.20. The molecular weight excluding hydrogens is 280 g/mol. The molecule has 0 fully saturated rings. The highest BCUT2D eigenvalue weighted by molar-refractivity contribution is 9.10. The quantitative estimate of drug-likeness (QED) is 0.903. The van der Waals surface area contributed by atoms with Gasteiger partial charge in [0, 0.05) is 22.4 Å². The van der Waals surface area contributed by atoms with Crippen molar-refractivity contribution in [2.24, 2.45) is 0 Å². The van der Waals surface area contributed by atoms with Gasteiger partial charge in [0.1, 0.15) is 5.75 Å². The van der Waals surface area contributed by atoms with E-state index >= 15 is 0 Å². The van der Waals surface area contributed by atoms with E-state index in [1.54, 1.807) is 6.07 Å². The molecule has 4 heteroatoms. The summed E-state index contributed by atoms with van der Waals surface area (Å²) in [4.78, 5) is 0. The van der Waals surface area contributed by atoms with Crippen LogP contribution in [0.5, 0.6) is 5.75 Å². The maximum Gasteiger partial charge on any atom is 0.120 e. The molecule has 0 radical (unpaired) electrons. The van der Waals surface area contributed by atoms with Gasteiger partial charge in [-0.25, -0.2) is 0 Å². The lowest BCUT2D eigenvalue weighted by molar-refractivity contribution is 0.459. The molecule has 1 unspecified atom stereocenters. The summed E-state index contributed by atoms with van der Waals surface area (Å²) in [6.45, 7) is 2.08. The number of halogens is 1. The Morgan fingerprint density at radius 3 is 2.71 bits per heavy atom. The Morgan fingerprint density at radius 2 is 2.06 bits per heavy atom. The molecule has 0 amide bonds. The Kier molecular flexibility index (Phi) is 3.74. The van der Waals surface area contributed by atoms with E-state index in [0.29, 0.717) is 5.75 Å². The highest BCUT2D eigenvalue weighted by atomic mass is 79.9. The van der Waals surface area contributed by atoms with Crippen molar-refractivity contribution in [2.45, 2.75) is 19.4 Å². The molecule has 3 nitrogen and oxygen atoms in total. The third-order valence-corrected chi connectivity index (χ3v) is 3.18. The zero-order valence-electron chi connectivity index (χ0n) is 9.60. The standard InChI is InChI=1S/C13H15BrN2O/c1-2-12(15-16-7-3-4-8-16)11-9-10(14)5-6-13(11)17/h3-9,12,15,17H,2H2,1H3. The van der Waals surface area contributed by atoms with Gasteiger partial charge in [0.2, 0.25) is 0 Å². The van der Waals surface area contributed by atoms with E-state index in [4.69, 9.17) is 0 Å². The summed E-state index contributed by atoms with van der Waals surface area (Å²) in [5, 5.41) is 9.90. The summed E-state index contributed by atoms with van der Waals surface area (Å²) in [6, 6.07) is 9.49. The fourth-order valence-corrected chi connectivity index (χ4v) is 2.16. The minimum absolute atomic E-state index is 0.0832. The maximum atomic E-state index is 9.90. The average Bonchev–Trinajstić information content (AvgIpc) is 2.82. The number of nitrogens with zero attached hydrogens (tertiary/aromatic N) is 1. The fraction of sp³-hybridized carbons (Fsp3) is 0.231. The predicted molar refractivity (Wildman–Crippen MR) is 72.6 cm³/mol. The topological polar surface area (TPSA) is 37.2 Å². The second kappa shape index (κ2) is 5.27. The van der Waals surface area contributed by atoms with Crippen LogP contribution in [0, 0.1) is 0 Å². The van der Waals surface area contributed by atoms with Gasteiger partial charge in [-0.2, -0.15) is 0 Å². The molecule has 90 valence electrons. The molecule has 0 saturated carbocycles. The molecule has 1 aromatic heterocycles. The van der Waals surface area contributed by atoms with Crippen LogP contribution in [0.3, 0.4) is 0 Å². The normalized spacial score (nSPS) is 12.4. The van der Waals surface area contributed by atoms with Crippen molar-refractivity contribution in [3.05, 3.63) is 52.8 Å². The molecule has 0 saturated heterocycles. The summed E-state index contributed by atoms with van der Waals surface area (Å²) in [5.41, 5.74) is 4.23. The zero-order valence-corrected chi connectivity index (χ0v) is 11.2. The highest BCUT2D eigenvalue weighted by Gasteiger charge is 2.13. The lowest BCUT2D eigenvalue weighted by Gasteiger charge is -2.20. The fourth-order valence-electron chi connectivity index (χ4n) is 1.79. The second-order valence-corrected chi connectivity index (χ2v) is 4.80. The smallest absolute Gasteiger partial charge is 0.120 e. The second-order valence-electron chi connectivity index (χ2n) is 3.88. The van der Waals surface area contributed by atoms with Gasteiger partial charge in [-0.05, 0) is 36.8 Å². The van der Waals surface area contributed by atoms with Gasteiger partial charge in [-0.15, -0.1) is 0 Å². The first kappa shape index (κ1) is 12.0. The molecule has 2 aromatic rings. The number of phenols is 1. The van der Waals surface area contributed by atoms with Crippen LogP contribution in [0.15, 0.2) is 47.2 Å². The molecule has 1 heterocycles. The summed E-state index contributed by atoms with van der Waals surface area (Å²) in [7, 11) is 0. The van der Waals surface area contributed by atoms with Crippen LogP contribution in [0.25, 0.3) is 0 Å². The summed E-state index contributed by atoms with van der Waals surface area (Å²) >= 11 is 3.43. The van der Waals surface area contributed by atoms with Crippen molar-refractivity contribution in [3.63, 3.8) is 0 Å². The van der Waals surface area contributed by atoms with Gasteiger partial charge in [-0.1, -0.05) is 22.9 Å². The van der Waals surface area contributed by atoms with Crippen molar-refractivity contribution in [2.75, 3.05) is 5.43 Å². The first-order valence-corrected chi connectivity index (χ1v) is 6.38. The van der Waals surface area contributed by atoms with E-state index in [-0.39, 0.29) is 6.04 Å². The summed E-state index contributed by atoms with van der Waals surface area (Å²) in [6.07, 6.45) is 4.78. The molecule has 0 bridgehead atoms. The highest BCUT2D eigenvalue weighted by Crippen LogP contribution is 2.29. The summed E-state index contributed by atoms with van der Waals surface area (Å²) in [5.74, 6) is 0.319. The minimum Gasteiger partial charge on any atom is -0.508 e. The molecule has 1 aromatic carbocycles. The van der Waals surface area contributed by atoms with Crippen LogP contribution >= 0.6 is 15.9 Å². The van der Waals surface area contributed by atoms with Crippen LogP contribution in [0.2, 0.25) is 0 Å². The van der Waals surface area contributed by atoms with Crippen LogP contribution in [-0.2, 0) is 0 Å². The van der Waals surface area contributed by atoms with Crippen molar-refractivity contribution in [3.8, 4) is 5.75 Å². The van der Waals surface area contributed by atoms with Crippen LogP contribution in [-0.4, -0.2) is 9.78 Å². The number of aromatic hydroxyl groups is 1. The third-order valence-electron chi connectivity index (χ3n) is 2.68. The molecular formula is C13H15BrN2O. The Morgan fingerprint density at radius 1 is 1.35 bits per heavy atom. The van der Waals surface area contributed by atoms with Gasteiger partial charge < -0.3 is 10.5 Å². The van der Waals surface area contributed by atoms with E-state index in [0.717, 1.165) is 16.5 Å². The average molecular weight is 295 g/mol. The zero-order chi connectivity index (χ0) is 12.3. The largest absolute Gasteiger partial charge is 0.508 e. The minimum atomic E-state index is 0.0832. The van der Waals surface area contributed by atoms with E-state index in [2.05, 4.69) is 28.3 Å². The molecule has 0 spiro atoms. The molecule has 0 aliphatic heterocycles. The van der Waals surface area contributed by atoms with Gasteiger partial charge in [0.15, 0.2) is 0 Å². The molecule has 2 N–H and O–H groups in total. The number of phenolic OH excluding ortho intramolecular Hbond substituents is 1. The van der Waals surface area contributed by atoms with Gasteiger partial charge in [-0.3, -0.25) is 4.68 Å². The van der Waals surface area contributed by atoms with E-state index < -0.39 is 0 Å². The van der Waals surface area contributed by atoms with Crippen molar-refractivity contribution in [1.29, 1.82) is 0 Å². The SMILES string of the molecule is CCC(Nn1cccc1)c1cc(Br)ccc1O. The number of benzene rings is 1. The maximum absolute atomic E-state index is 9.90. The Bertz CT molecular complexity index is 482. The lowest BCUT2D eigenvalue weighted by Crippen LogP contribution is -2.19. The number of nitrogens with one attached hydrogen (secondary N) is 1. The van der Waals surface area contributed by atoms with Gasteiger partial charge >= 0.3 is 0 Å². The summed E-state index contributed by atoms with van der Waals surface area (Å²) < 4.78 is 2.87. The van der Waals surface area contributed by atoms with E-state index in [1.807, 2.05) is 41.3 Å². The molecule has 0 aliphatic carbocycles. The van der Waals surface area contributed by atoms with Crippen LogP contribution in [0.4, 0.5) is 0 Å². The van der Waals surface area contributed by atoms with E-state index in [1.165, 1.54) is 0 Å². The Hall–Kier alpha value is -1.42. The number of rotatable bonds is 4.